The highest BCUT2D eigenvalue weighted by Gasteiger charge is 2.35. The topological polar surface area (TPSA) is 180 Å². The van der Waals surface area contributed by atoms with Gasteiger partial charge in [0.05, 0.1) is 29.8 Å². The molecule has 1 amide bonds. The molecule has 6 N–H and O–H groups in total. The van der Waals surface area contributed by atoms with Gasteiger partial charge in [-0.05, 0) is 32.2 Å². The van der Waals surface area contributed by atoms with Gasteiger partial charge in [0.15, 0.2) is 5.69 Å². The fraction of sp³-hybridized carbons (Fsp3) is 0.286. The van der Waals surface area contributed by atoms with Crippen LogP contribution in [0.1, 0.15) is 26.2 Å². The Morgan fingerprint density at radius 1 is 1.37 bits per heavy atom. The minimum Gasteiger partial charge on any atom is -0.400 e. The molecule has 11 nitrogen and oxygen atoms in total. The minimum absolute atomic E-state index is 0. The highest BCUT2D eigenvalue weighted by molar-refractivity contribution is 6.37. The molecule has 0 saturated carbocycles. The van der Waals surface area contributed by atoms with Crippen LogP contribution in [0.2, 0.25) is 0 Å². The molecule has 14 heteroatoms. The molecule has 1 aliphatic heterocycles. The Balaban J connectivity index is 0.000000611. The van der Waals surface area contributed by atoms with Crippen molar-refractivity contribution in [1.29, 1.82) is 5.41 Å². The highest BCUT2D eigenvalue weighted by atomic mass is 19.4. The first-order valence-corrected chi connectivity index (χ1v) is 10.1. The third-order valence-electron chi connectivity index (χ3n) is 5.02. The number of aromatic amines is 1. The van der Waals surface area contributed by atoms with Crippen LogP contribution in [0.15, 0.2) is 56.8 Å². The van der Waals surface area contributed by atoms with Gasteiger partial charge in [-0.2, -0.15) is 13.2 Å². The first kappa shape index (κ1) is 26.9. The molecular weight excluding hydrogens is 467 g/mol. The van der Waals surface area contributed by atoms with E-state index >= 15 is 0 Å². The average Bonchev–Trinajstić information content (AvgIpc) is 2.83. The van der Waals surface area contributed by atoms with E-state index in [4.69, 9.17) is 16.9 Å². The number of pyridine rings is 1. The van der Waals surface area contributed by atoms with Crippen molar-refractivity contribution in [2.45, 2.75) is 25.6 Å². The van der Waals surface area contributed by atoms with Crippen LogP contribution in [-0.2, 0) is 11.0 Å². The first-order chi connectivity index (χ1) is 16.4. The lowest BCUT2D eigenvalue weighted by Gasteiger charge is -2.35. The number of rotatable bonds is 2. The maximum Gasteiger partial charge on any atom is 0.434 e. The molecule has 0 aromatic carbocycles. The van der Waals surface area contributed by atoms with Crippen molar-refractivity contribution in [2.24, 2.45) is 15.7 Å². The van der Waals surface area contributed by atoms with E-state index in [0.29, 0.717) is 11.8 Å². The number of amidine groups is 1. The van der Waals surface area contributed by atoms with Gasteiger partial charge >= 0.3 is 6.18 Å². The number of anilines is 1. The molecule has 0 unspecified atom stereocenters. The molecular formula is C21H26F3N9O2. The Morgan fingerprint density at radius 3 is 2.57 bits per heavy atom. The average molecular weight is 493 g/mol. The molecule has 1 atom stereocenters. The number of alkyl halides is 3. The van der Waals surface area contributed by atoms with Crippen LogP contribution < -0.4 is 17.0 Å². The summed E-state index contributed by atoms with van der Waals surface area (Å²) < 4.78 is 38.7. The van der Waals surface area contributed by atoms with Gasteiger partial charge in [0.25, 0.3) is 11.5 Å². The number of nitrogens with zero attached hydrogens (tertiary/aromatic N) is 5. The zero-order valence-corrected chi connectivity index (χ0v) is 18.9. The largest absolute Gasteiger partial charge is 0.434 e. The van der Waals surface area contributed by atoms with Crippen molar-refractivity contribution < 1.29 is 19.4 Å². The molecule has 0 bridgehead atoms. The second-order valence-electron chi connectivity index (χ2n) is 7.18. The number of amides is 1. The summed E-state index contributed by atoms with van der Waals surface area (Å²) in [5, 5.41) is 7.50. The zero-order chi connectivity index (χ0) is 26.3. The van der Waals surface area contributed by atoms with Crippen LogP contribution in [0.3, 0.4) is 0 Å². The molecule has 0 radical (unpaired) electrons. The molecule has 0 aliphatic carbocycles. The quantitative estimate of drug-likeness (QED) is 0.364. The number of nitrogens with one attached hydrogen (secondary N) is 2. The van der Waals surface area contributed by atoms with Crippen molar-refractivity contribution in [1.82, 2.24) is 19.9 Å². The molecule has 188 valence electrons. The van der Waals surface area contributed by atoms with Crippen LogP contribution in [0, 0.1) is 5.41 Å². The minimum atomic E-state index is -4.64. The Hall–Kier alpha value is -4.36. The molecule has 2 aromatic rings. The van der Waals surface area contributed by atoms with Crippen LogP contribution in [0.5, 0.6) is 0 Å². The van der Waals surface area contributed by atoms with Crippen molar-refractivity contribution in [3.63, 3.8) is 0 Å². The normalized spacial score (nSPS) is 16.3. The van der Waals surface area contributed by atoms with Gasteiger partial charge in [-0.25, -0.2) is 9.98 Å². The van der Waals surface area contributed by atoms with Gasteiger partial charge < -0.3 is 21.4 Å². The lowest BCUT2D eigenvalue weighted by Crippen LogP contribution is -2.48. The van der Waals surface area contributed by atoms with E-state index < -0.39 is 29.7 Å². The molecule has 3 heterocycles. The molecule has 35 heavy (non-hydrogen) atoms. The van der Waals surface area contributed by atoms with E-state index in [1.807, 2.05) is 0 Å². The lowest BCUT2D eigenvalue weighted by molar-refractivity contribution is -0.141. The summed E-state index contributed by atoms with van der Waals surface area (Å²) in [6.07, 6.45) is -1.05. The van der Waals surface area contributed by atoms with E-state index in [1.165, 1.54) is 18.1 Å². The molecule has 3 rings (SSSR count). The number of halogens is 3. The van der Waals surface area contributed by atoms with E-state index in [9.17, 15) is 22.8 Å². The van der Waals surface area contributed by atoms with Gasteiger partial charge in [-0.15, -0.1) is 0 Å². The Morgan fingerprint density at radius 2 is 2.06 bits per heavy atom. The number of aromatic nitrogens is 3. The van der Waals surface area contributed by atoms with Gasteiger partial charge in [0, 0.05) is 32.5 Å². The fourth-order valence-electron chi connectivity index (χ4n) is 3.18. The number of aliphatic imine (C=N–C) groups is 2. The predicted molar refractivity (Wildman–Crippen MR) is 127 cm³/mol. The molecule has 0 fully saturated rings. The van der Waals surface area contributed by atoms with Gasteiger partial charge in [-0.1, -0.05) is 0 Å². The van der Waals surface area contributed by atoms with Gasteiger partial charge in [0.1, 0.15) is 5.69 Å². The lowest BCUT2D eigenvalue weighted by atomic mass is 9.94. The van der Waals surface area contributed by atoms with Crippen LogP contribution >= 0.6 is 0 Å². The van der Waals surface area contributed by atoms with E-state index in [1.54, 1.807) is 25.3 Å². The second-order valence-corrected chi connectivity index (χ2v) is 7.18. The summed E-state index contributed by atoms with van der Waals surface area (Å²) >= 11 is 0. The number of H-pyrrole nitrogens is 1. The van der Waals surface area contributed by atoms with Gasteiger partial charge in [-0.3, -0.25) is 25.0 Å². The Bertz CT molecular complexity index is 1240. The number of nitrogen functional groups attached to an aromatic ring is 1. The maximum absolute atomic E-state index is 12.9. The third-order valence-corrected chi connectivity index (χ3v) is 5.02. The van der Waals surface area contributed by atoms with Crippen LogP contribution in [0.4, 0.5) is 18.9 Å². The summed E-state index contributed by atoms with van der Waals surface area (Å²) in [5.41, 5.74) is 11.1. The number of hydrogen-bond acceptors (Lipinski definition) is 8. The van der Waals surface area contributed by atoms with Crippen molar-refractivity contribution in [3.05, 3.63) is 63.7 Å². The number of carbonyl (C=O) groups excluding carboxylic acids is 1. The van der Waals surface area contributed by atoms with E-state index in [0.717, 1.165) is 0 Å². The summed E-state index contributed by atoms with van der Waals surface area (Å²) in [6, 6.07) is 2.63. The molecule has 1 aliphatic rings. The number of carbonyl (C=O) groups is 1. The van der Waals surface area contributed by atoms with Crippen molar-refractivity contribution in [3.8, 4) is 0 Å². The Kier molecular flexibility index (Phi) is 8.59. The summed E-state index contributed by atoms with van der Waals surface area (Å²) in [4.78, 5) is 40.9. The van der Waals surface area contributed by atoms with Crippen LogP contribution in [0.25, 0.3) is 0 Å². The zero-order valence-electron chi connectivity index (χ0n) is 18.9. The number of nitrogens with two attached hydrogens (primary N) is 2. The highest BCUT2D eigenvalue weighted by Crippen LogP contribution is 2.28. The number of hydrogen-bond donors (Lipinski definition) is 4. The fourth-order valence-corrected chi connectivity index (χ4v) is 3.18. The van der Waals surface area contributed by atoms with E-state index in [2.05, 4.69) is 31.7 Å². The summed E-state index contributed by atoms with van der Waals surface area (Å²) in [5.74, 6) is -1.14. The summed E-state index contributed by atoms with van der Waals surface area (Å²) in [6.45, 7) is 4.99. The predicted octanol–water partition coefficient (Wildman–Crippen LogP) is 1.63. The molecule has 2 aromatic heterocycles. The maximum atomic E-state index is 12.9. The molecule has 0 saturated heterocycles. The van der Waals surface area contributed by atoms with Crippen molar-refractivity contribution >= 4 is 29.9 Å². The van der Waals surface area contributed by atoms with Crippen molar-refractivity contribution in [2.75, 3.05) is 19.3 Å². The van der Waals surface area contributed by atoms with Crippen LogP contribution in [-0.4, -0.2) is 63.7 Å². The standard InChI is InChI=1S/C16H18F3N7O.C5H6N2O.H2/c1-8-12(20)9(4-5-26(8)15(27)14(21)23-3)13(22-2)10-6-24-7-11(25-10)16(17,18)19;6-4-2-1-3-7-5(4)8;/h6-8,21H,3-5,20H2,1-2H3;1-3H,6H2,(H,7,8);1H/t8-;;/m0../s1. The van der Waals surface area contributed by atoms with E-state index in [-0.39, 0.29) is 42.7 Å². The Labute approximate surface area is 199 Å². The second kappa shape index (κ2) is 11.2. The summed E-state index contributed by atoms with van der Waals surface area (Å²) in [7, 11) is 1.41. The van der Waals surface area contributed by atoms with Gasteiger partial charge in [0.2, 0.25) is 5.84 Å². The third kappa shape index (κ3) is 6.37. The smallest absolute Gasteiger partial charge is 0.400 e. The first-order valence-electron chi connectivity index (χ1n) is 10.1. The molecule has 0 spiro atoms. The monoisotopic (exact) mass is 493 g/mol. The SMILES string of the molecule is C=NC(=N)C(=O)N1CCC(C(=NC)c2cncc(C(F)(F)F)n2)=C(N)[C@@H]1C.Nc1ccc[nH]c1=O.[HH].